The van der Waals surface area contributed by atoms with Crippen molar-refractivity contribution in [2.45, 2.75) is 25.2 Å². The second kappa shape index (κ2) is 7.20. The molecule has 116 valence electrons. The Labute approximate surface area is 140 Å². The van der Waals surface area contributed by atoms with Gasteiger partial charge in [0.05, 0.1) is 6.54 Å². The number of nitrogens with zero attached hydrogens (tertiary/aromatic N) is 1. The van der Waals surface area contributed by atoms with Crippen LogP contribution in [-0.2, 0) is 5.41 Å². The van der Waals surface area contributed by atoms with Crippen molar-refractivity contribution < 1.29 is 8.78 Å². The molecule has 1 aromatic carbocycles. The van der Waals surface area contributed by atoms with E-state index >= 15 is 0 Å². The molecule has 1 aliphatic carbocycles. The summed E-state index contributed by atoms with van der Waals surface area (Å²) in [6.07, 6.45) is 1.68. The first-order chi connectivity index (χ1) is 9.43. The van der Waals surface area contributed by atoms with Crippen LogP contribution in [-0.4, -0.2) is 19.0 Å². The zero-order valence-corrected chi connectivity index (χ0v) is 14.3. The number of halogens is 3. The maximum Gasteiger partial charge on any atom is 0.188 e. The normalized spacial score (nSPS) is 16.0. The van der Waals surface area contributed by atoms with Gasteiger partial charge in [0.25, 0.3) is 0 Å². The molecule has 1 fully saturated rings. The monoisotopic (exact) mass is 407 g/mol. The van der Waals surface area contributed by atoms with Crippen molar-refractivity contribution in [3.8, 4) is 0 Å². The van der Waals surface area contributed by atoms with E-state index in [1.165, 1.54) is 12.1 Å². The average Bonchev–Trinajstić information content (AvgIpc) is 3.15. The fraction of sp³-hybridized carbons (Fsp3) is 0.400. The van der Waals surface area contributed by atoms with Crippen LogP contribution in [0.2, 0.25) is 0 Å². The number of hydrogen-bond acceptors (Lipinski definition) is 1. The van der Waals surface area contributed by atoms with Gasteiger partial charge in [0.2, 0.25) is 0 Å². The van der Waals surface area contributed by atoms with Crippen molar-refractivity contribution in [2.75, 3.05) is 13.1 Å². The van der Waals surface area contributed by atoms with Gasteiger partial charge in [0, 0.05) is 18.0 Å². The van der Waals surface area contributed by atoms with E-state index in [9.17, 15) is 8.78 Å². The van der Waals surface area contributed by atoms with Crippen molar-refractivity contribution in [2.24, 2.45) is 10.7 Å². The van der Waals surface area contributed by atoms with Crippen LogP contribution in [0.4, 0.5) is 8.78 Å². The van der Waals surface area contributed by atoms with Crippen LogP contribution in [0.15, 0.2) is 35.3 Å². The zero-order valence-electron chi connectivity index (χ0n) is 12.0. The maximum absolute atomic E-state index is 13.8. The molecule has 1 saturated carbocycles. The Hall–Kier alpha value is -1.18. The van der Waals surface area contributed by atoms with Crippen molar-refractivity contribution in [1.82, 2.24) is 5.32 Å². The maximum atomic E-state index is 13.8. The quantitative estimate of drug-likeness (QED) is 0.341. The van der Waals surface area contributed by atoms with Crippen molar-refractivity contribution >= 4 is 29.9 Å². The van der Waals surface area contributed by atoms with Gasteiger partial charge in [0.15, 0.2) is 5.96 Å². The van der Waals surface area contributed by atoms with Gasteiger partial charge in [-0.15, -0.1) is 24.0 Å². The number of rotatable bonds is 5. The second-order valence-corrected chi connectivity index (χ2v) is 5.42. The molecule has 0 spiro atoms. The van der Waals surface area contributed by atoms with E-state index in [2.05, 4.69) is 16.9 Å². The van der Waals surface area contributed by atoms with Crippen LogP contribution in [0.3, 0.4) is 0 Å². The van der Waals surface area contributed by atoms with Gasteiger partial charge < -0.3 is 11.1 Å². The number of nitrogens with two attached hydrogens (primary N) is 1. The Morgan fingerprint density at radius 3 is 2.62 bits per heavy atom. The summed E-state index contributed by atoms with van der Waals surface area (Å²) < 4.78 is 26.8. The van der Waals surface area contributed by atoms with Crippen molar-refractivity contribution in [3.05, 3.63) is 47.5 Å². The van der Waals surface area contributed by atoms with Gasteiger partial charge in [-0.1, -0.05) is 18.2 Å². The topological polar surface area (TPSA) is 50.4 Å². The van der Waals surface area contributed by atoms with E-state index < -0.39 is 11.6 Å². The Bertz CT molecular complexity index is 554. The average molecular weight is 407 g/mol. The Balaban J connectivity index is 0.00000220. The van der Waals surface area contributed by atoms with Crippen LogP contribution >= 0.6 is 24.0 Å². The molecule has 0 radical (unpaired) electrons. The number of aliphatic imine (C=N–C) groups is 1. The van der Waals surface area contributed by atoms with Crippen LogP contribution in [0.25, 0.3) is 0 Å². The molecule has 0 amide bonds. The van der Waals surface area contributed by atoms with Gasteiger partial charge in [-0.05, 0) is 31.4 Å². The van der Waals surface area contributed by atoms with Crippen LogP contribution in [0.5, 0.6) is 0 Å². The first kappa shape index (κ1) is 17.9. The van der Waals surface area contributed by atoms with Gasteiger partial charge in [-0.25, -0.2) is 8.78 Å². The van der Waals surface area contributed by atoms with Crippen LogP contribution in [0, 0.1) is 11.6 Å². The Morgan fingerprint density at radius 2 is 2.10 bits per heavy atom. The molecular weight excluding hydrogens is 387 g/mol. The molecule has 0 atom stereocenters. The molecule has 3 N–H and O–H groups in total. The number of benzene rings is 1. The standard InChI is InChI=1S/C15H19F2N3.HI/c1-10(2)8-19-14(18)20-9-15(5-6-15)12-4-3-11(16)7-13(12)17;/h3-4,7H,1,5-6,8-9H2,2H3,(H3,18,19,20);1H. The lowest BCUT2D eigenvalue weighted by Gasteiger charge is -2.15. The lowest BCUT2D eigenvalue weighted by molar-refractivity contribution is 0.549. The largest absolute Gasteiger partial charge is 0.370 e. The second-order valence-electron chi connectivity index (χ2n) is 5.42. The summed E-state index contributed by atoms with van der Waals surface area (Å²) in [5, 5.41) is 2.93. The number of nitrogens with one attached hydrogen (secondary N) is 1. The summed E-state index contributed by atoms with van der Waals surface area (Å²) in [6.45, 7) is 6.61. The predicted molar refractivity (Wildman–Crippen MR) is 92.0 cm³/mol. The van der Waals surface area contributed by atoms with E-state index in [-0.39, 0.29) is 29.4 Å². The van der Waals surface area contributed by atoms with E-state index in [1.54, 1.807) is 0 Å². The highest BCUT2D eigenvalue weighted by Gasteiger charge is 2.45. The third-order valence-corrected chi connectivity index (χ3v) is 3.48. The fourth-order valence-corrected chi connectivity index (χ4v) is 2.12. The highest BCUT2D eigenvalue weighted by atomic mass is 127. The minimum absolute atomic E-state index is 0. The molecule has 1 aliphatic rings. The van der Waals surface area contributed by atoms with E-state index in [0.29, 0.717) is 24.6 Å². The molecule has 2 rings (SSSR count). The zero-order chi connectivity index (χ0) is 14.8. The molecular formula is C15H20F2IN3. The predicted octanol–water partition coefficient (Wildman–Crippen LogP) is 3.09. The fourth-order valence-electron chi connectivity index (χ4n) is 2.12. The van der Waals surface area contributed by atoms with Crippen LogP contribution in [0.1, 0.15) is 25.3 Å². The molecule has 0 aliphatic heterocycles. The first-order valence-electron chi connectivity index (χ1n) is 6.57. The summed E-state index contributed by atoms with van der Waals surface area (Å²) in [7, 11) is 0. The number of hydrogen-bond donors (Lipinski definition) is 2. The highest BCUT2D eigenvalue weighted by molar-refractivity contribution is 14.0. The molecule has 0 unspecified atom stereocenters. The summed E-state index contributed by atoms with van der Waals surface area (Å²) >= 11 is 0. The summed E-state index contributed by atoms with van der Waals surface area (Å²) in [6, 6.07) is 3.71. The summed E-state index contributed by atoms with van der Waals surface area (Å²) in [5.41, 5.74) is 6.89. The van der Waals surface area contributed by atoms with Gasteiger partial charge in [0.1, 0.15) is 11.6 Å². The van der Waals surface area contributed by atoms with E-state index in [4.69, 9.17) is 5.73 Å². The first-order valence-corrected chi connectivity index (χ1v) is 6.57. The molecule has 21 heavy (non-hydrogen) atoms. The molecule has 0 bridgehead atoms. The van der Waals surface area contributed by atoms with Crippen molar-refractivity contribution in [1.29, 1.82) is 0 Å². The third-order valence-electron chi connectivity index (χ3n) is 3.48. The summed E-state index contributed by atoms with van der Waals surface area (Å²) in [4.78, 5) is 4.25. The molecule has 0 aromatic heterocycles. The third kappa shape index (κ3) is 4.66. The number of guanidine groups is 1. The highest BCUT2D eigenvalue weighted by Crippen LogP contribution is 2.49. The van der Waals surface area contributed by atoms with Gasteiger partial charge in [-0.2, -0.15) is 0 Å². The lowest BCUT2D eigenvalue weighted by atomic mass is 9.95. The summed E-state index contributed by atoms with van der Waals surface area (Å²) in [5.74, 6) is -0.749. The molecule has 0 saturated heterocycles. The van der Waals surface area contributed by atoms with E-state index in [0.717, 1.165) is 24.5 Å². The molecule has 3 nitrogen and oxygen atoms in total. The lowest BCUT2D eigenvalue weighted by Crippen LogP contribution is -2.33. The van der Waals surface area contributed by atoms with Gasteiger partial charge >= 0.3 is 0 Å². The van der Waals surface area contributed by atoms with Gasteiger partial charge in [-0.3, -0.25) is 4.99 Å². The molecule has 0 heterocycles. The van der Waals surface area contributed by atoms with E-state index in [1.807, 2.05) is 6.92 Å². The Kier molecular flexibility index (Phi) is 6.12. The molecule has 1 aromatic rings. The minimum Gasteiger partial charge on any atom is -0.370 e. The smallest absolute Gasteiger partial charge is 0.188 e. The van der Waals surface area contributed by atoms with Crippen LogP contribution < -0.4 is 11.1 Å². The SMILES string of the molecule is C=C(C)CNC(N)=NCC1(c2ccc(F)cc2F)CC1.I. The minimum atomic E-state index is -0.562. The Morgan fingerprint density at radius 1 is 1.43 bits per heavy atom. The molecule has 6 heteroatoms. The van der Waals surface area contributed by atoms with Crippen molar-refractivity contribution in [3.63, 3.8) is 0 Å².